The van der Waals surface area contributed by atoms with Crippen molar-refractivity contribution in [2.45, 2.75) is 27.6 Å². The first-order valence-electron chi connectivity index (χ1n) is 9.83. The maximum absolute atomic E-state index is 13.0. The van der Waals surface area contributed by atoms with E-state index in [9.17, 15) is 39.9 Å². The number of sulfonamides is 2. The molecule has 3 aromatic rings. The highest BCUT2D eigenvalue weighted by Gasteiger charge is 2.63. The van der Waals surface area contributed by atoms with Crippen LogP contribution < -0.4 is 9.44 Å². The van der Waals surface area contributed by atoms with Crippen LogP contribution in [-0.2, 0) is 24.8 Å². The van der Waals surface area contributed by atoms with Crippen molar-refractivity contribution >= 4 is 54.6 Å². The molecule has 192 valence electrons. The van der Waals surface area contributed by atoms with Gasteiger partial charge in [0.15, 0.2) is 0 Å². The fraction of sp³-hybridized carbons (Fsp3) is 0.200. The minimum atomic E-state index is -5.69. The normalized spacial score (nSPS) is 20.2. The summed E-state index contributed by atoms with van der Waals surface area (Å²) >= 11 is 6.66. The molecule has 3 N–H and O–H groups in total. The smallest absolute Gasteiger partial charge is 0.480 e. The molecule has 1 aliphatic carbocycles. The van der Waals surface area contributed by atoms with E-state index in [2.05, 4.69) is 9.71 Å². The highest BCUT2D eigenvalue weighted by Crippen LogP contribution is 2.53. The van der Waals surface area contributed by atoms with Crippen molar-refractivity contribution in [2.24, 2.45) is 0 Å². The zero-order valence-corrected chi connectivity index (χ0v) is 20.9. The first kappa shape index (κ1) is 26.3. The second-order valence-electron chi connectivity index (χ2n) is 7.80. The maximum Gasteiger partial charge on any atom is 0.516 e. The van der Waals surface area contributed by atoms with E-state index in [1.54, 1.807) is 12.1 Å². The number of pyridine rings is 1. The quantitative estimate of drug-likeness (QED) is 0.365. The molecule has 16 heteroatoms. The molecule has 4 rings (SSSR count). The third-order valence-corrected chi connectivity index (χ3v) is 9.78. The molecule has 0 bridgehead atoms. The summed E-state index contributed by atoms with van der Waals surface area (Å²) in [5.74, 6) is -2.45. The molecule has 0 radical (unpaired) electrons. The Kier molecular flexibility index (Phi) is 6.58. The Bertz CT molecular complexity index is 1540. The third-order valence-electron chi connectivity index (χ3n) is 5.33. The minimum absolute atomic E-state index is 0.139. The molecule has 36 heavy (non-hydrogen) atoms. The summed E-state index contributed by atoms with van der Waals surface area (Å²) in [6.45, 7) is 0. The van der Waals surface area contributed by atoms with E-state index in [-0.39, 0.29) is 16.2 Å². The van der Waals surface area contributed by atoms with E-state index in [0.29, 0.717) is 15.6 Å². The standard InChI is InChI=1S/C20H15ClF3N3O6S3/c21-12-4-5-15(25-10-12)16-6-7-17(34-16)35(30,31)27-19(18(28)29)9-14(19)11-2-1-3-13(8-11)26-36(32,33)20(22,23)24/h1-8,10,14,26-27H,9H2,(H,28,29). The lowest BCUT2D eigenvalue weighted by molar-refractivity contribution is -0.140. The molecule has 2 atom stereocenters. The van der Waals surface area contributed by atoms with Gasteiger partial charge in [-0.3, -0.25) is 14.5 Å². The van der Waals surface area contributed by atoms with Gasteiger partial charge in [0.2, 0.25) is 0 Å². The van der Waals surface area contributed by atoms with E-state index in [1.807, 2.05) is 0 Å². The largest absolute Gasteiger partial charge is 0.516 e. The summed E-state index contributed by atoms with van der Waals surface area (Å²) in [6.07, 6.45) is 1.19. The Morgan fingerprint density at radius 3 is 2.47 bits per heavy atom. The van der Waals surface area contributed by atoms with Gasteiger partial charge in [-0.15, -0.1) is 11.3 Å². The number of aromatic nitrogens is 1. The van der Waals surface area contributed by atoms with E-state index < -0.39 is 48.7 Å². The highest BCUT2D eigenvalue weighted by atomic mass is 35.5. The number of carbonyl (C=O) groups is 1. The van der Waals surface area contributed by atoms with Gasteiger partial charge in [-0.2, -0.15) is 26.3 Å². The summed E-state index contributed by atoms with van der Waals surface area (Å²) in [7, 11) is -10.0. The number of carboxylic acids is 1. The maximum atomic E-state index is 13.0. The molecule has 1 saturated carbocycles. The predicted octanol–water partition coefficient (Wildman–Crippen LogP) is 4.01. The molecular formula is C20H15ClF3N3O6S3. The van der Waals surface area contributed by atoms with Gasteiger partial charge in [-0.05, 0) is 48.4 Å². The Morgan fingerprint density at radius 2 is 1.86 bits per heavy atom. The number of carboxylic acid groups (broad SMARTS) is 1. The van der Waals surface area contributed by atoms with Crippen molar-refractivity contribution in [1.82, 2.24) is 9.71 Å². The molecular weight excluding hydrogens is 567 g/mol. The van der Waals surface area contributed by atoms with E-state index in [4.69, 9.17) is 11.6 Å². The number of anilines is 1. The van der Waals surface area contributed by atoms with Gasteiger partial charge >= 0.3 is 21.5 Å². The Balaban J connectivity index is 1.58. The van der Waals surface area contributed by atoms with Crippen LogP contribution in [0.1, 0.15) is 17.9 Å². The van der Waals surface area contributed by atoms with Crippen molar-refractivity contribution in [3.63, 3.8) is 0 Å². The van der Waals surface area contributed by atoms with E-state index in [1.165, 1.54) is 35.2 Å². The lowest BCUT2D eigenvalue weighted by Crippen LogP contribution is -2.44. The summed E-state index contributed by atoms with van der Waals surface area (Å²) in [5.41, 5.74) is -7.37. The van der Waals surface area contributed by atoms with Crippen LogP contribution in [0.15, 0.2) is 58.9 Å². The monoisotopic (exact) mass is 581 g/mol. The lowest BCUT2D eigenvalue weighted by atomic mass is 10.1. The molecule has 2 heterocycles. The Labute approximate surface area is 212 Å². The van der Waals surface area contributed by atoms with Crippen molar-refractivity contribution in [1.29, 1.82) is 0 Å². The van der Waals surface area contributed by atoms with Gasteiger partial charge in [0.1, 0.15) is 9.75 Å². The number of halogens is 4. The highest BCUT2D eigenvalue weighted by molar-refractivity contribution is 7.93. The van der Waals surface area contributed by atoms with Crippen molar-refractivity contribution in [2.75, 3.05) is 4.72 Å². The Morgan fingerprint density at radius 1 is 1.14 bits per heavy atom. The summed E-state index contributed by atoms with van der Waals surface area (Å²) in [5, 5.41) is 10.2. The van der Waals surface area contributed by atoms with E-state index in [0.717, 1.165) is 23.5 Å². The van der Waals surface area contributed by atoms with Gasteiger partial charge in [-0.1, -0.05) is 23.7 Å². The summed E-state index contributed by atoms with van der Waals surface area (Å²) in [6, 6.07) is 10.6. The van der Waals surface area contributed by atoms with Crippen LogP contribution in [0, 0.1) is 0 Å². The van der Waals surface area contributed by atoms with Gasteiger partial charge in [0, 0.05) is 17.8 Å². The Hall–Kier alpha value is -2.72. The number of aliphatic carboxylic acids is 1. The summed E-state index contributed by atoms with van der Waals surface area (Å²) < 4.78 is 90.2. The van der Waals surface area contributed by atoms with Crippen LogP contribution in [0.2, 0.25) is 5.02 Å². The molecule has 2 aromatic heterocycles. The lowest BCUT2D eigenvalue weighted by Gasteiger charge is -2.15. The van der Waals surface area contributed by atoms with Gasteiger partial charge in [0.05, 0.1) is 15.6 Å². The zero-order chi connectivity index (χ0) is 26.5. The molecule has 0 spiro atoms. The van der Waals surface area contributed by atoms with Crippen LogP contribution in [0.4, 0.5) is 18.9 Å². The molecule has 1 aromatic carbocycles. The van der Waals surface area contributed by atoms with Crippen molar-refractivity contribution < 1.29 is 39.9 Å². The number of nitrogens with zero attached hydrogens (tertiary/aromatic N) is 1. The zero-order valence-electron chi connectivity index (χ0n) is 17.7. The topological polar surface area (TPSA) is 143 Å². The first-order valence-corrected chi connectivity index (χ1v) is 14.0. The second-order valence-corrected chi connectivity index (χ2v) is 12.9. The minimum Gasteiger partial charge on any atom is -0.480 e. The summed E-state index contributed by atoms with van der Waals surface area (Å²) in [4.78, 5) is 16.7. The molecule has 1 fully saturated rings. The number of benzene rings is 1. The van der Waals surface area contributed by atoms with Crippen LogP contribution >= 0.6 is 22.9 Å². The predicted molar refractivity (Wildman–Crippen MR) is 126 cm³/mol. The molecule has 1 aliphatic rings. The molecule has 0 aliphatic heterocycles. The molecule has 2 unspecified atom stereocenters. The number of hydrogen-bond acceptors (Lipinski definition) is 7. The second kappa shape index (κ2) is 8.99. The molecule has 0 saturated heterocycles. The van der Waals surface area contributed by atoms with Crippen LogP contribution in [0.25, 0.3) is 10.6 Å². The van der Waals surface area contributed by atoms with Crippen LogP contribution in [0.5, 0.6) is 0 Å². The van der Waals surface area contributed by atoms with Gasteiger partial charge < -0.3 is 5.11 Å². The van der Waals surface area contributed by atoms with Crippen molar-refractivity contribution in [3.05, 3.63) is 65.3 Å². The number of thiophene rings is 1. The third kappa shape index (κ3) is 5.06. The average Bonchev–Trinajstić information content (AvgIpc) is 3.27. The SMILES string of the molecule is O=C(O)C1(NS(=O)(=O)c2ccc(-c3ccc(Cl)cn3)s2)CC1c1cccc(NS(=O)(=O)C(F)(F)F)c1. The average molecular weight is 582 g/mol. The molecule has 0 amide bonds. The van der Waals surface area contributed by atoms with E-state index >= 15 is 0 Å². The fourth-order valence-electron chi connectivity index (χ4n) is 3.50. The number of nitrogens with one attached hydrogen (secondary N) is 2. The van der Waals surface area contributed by atoms with Gasteiger partial charge in [0.25, 0.3) is 10.0 Å². The fourth-order valence-corrected chi connectivity index (χ4v) is 6.86. The number of hydrogen-bond donors (Lipinski definition) is 3. The van der Waals surface area contributed by atoms with Gasteiger partial charge in [-0.25, -0.2) is 8.42 Å². The van der Waals surface area contributed by atoms with Crippen LogP contribution in [-0.4, -0.2) is 43.9 Å². The first-order chi connectivity index (χ1) is 16.6. The number of alkyl halides is 3. The number of rotatable bonds is 8. The molecule has 9 nitrogen and oxygen atoms in total. The van der Waals surface area contributed by atoms with Crippen molar-refractivity contribution in [3.8, 4) is 10.6 Å². The van der Waals surface area contributed by atoms with Crippen LogP contribution in [0.3, 0.4) is 0 Å².